The molecule has 6 rings (SSSR count). The molecule has 0 radical (unpaired) electrons. The second-order valence-electron chi connectivity index (χ2n) is 10.6. The largest absolute Gasteiger partial charge is 0.493 e. The number of anilines is 1. The Balaban J connectivity index is 1.23. The predicted molar refractivity (Wildman–Crippen MR) is 134 cm³/mol. The van der Waals surface area contributed by atoms with Crippen molar-refractivity contribution in [3.8, 4) is 11.5 Å². The number of nitrogens with one attached hydrogen (secondary N) is 1. The van der Waals surface area contributed by atoms with E-state index in [1.807, 2.05) is 12.1 Å². The van der Waals surface area contributed by atoms with E-state index in [2.05, 4.69) is 17.4 Å². The number of benzene rings is 2. The molecule has 4 aliphatic rings. The Morgan fingerprint density at radius 3 is 2.06 bits per heavy atom. The summed E-state index contributed by atoms with van der Waals surface area (Å²) in [7, 11) is 0.440. The van der Waals surface area contributed by atoms with Crippen molar-refractivity contribution >= 4 is 21.6 Å². The molecule has 0 spiro atoms. The molecule has 7 nitrogen and oxygen atoms in total. The van der Waals surface area contributed by atoms with Crippen molar-refractivity contribution in [2.75, 3.05) is 33.1 Å². The van der Waals surface area contributed by atoms with Gasteiger partial charge < -0.3 is 14.8 Å². The lowest BCUT2D eigenvalue weighted by Gasteiger charge is -2.57. The molecular formula is C27H34N2O5S. The number of hydrogen-bond donors (Lipinski definition) is 1. The summed E-state index contributed by atoms with van der Waals surface area (Å²) in [5, 5.41) is 2.85. The molecule has 4 fully saturated rings. The highest BCUT2D eigenvalue weighted by molar-refractivity contribution is 7.89. The maximum atomic E-state index is 13.0. The van der Waals surface area contributed by atoms with Gasteiger partial charge in [0.2, 0.25) is 15.9 Å². The third-order valence-electron chi connectivity index (χ3n) is 8.25. The second-order valence-corrected chi connectivity index (χ2v) is 12.6. The van der Waals surface area contributed by atoms with Crippen molar-refractivity contribution in [1.29, 1.82) is 0 Å². The summed E-state index contributed by atoms with van der Waals surface area (Å²) in [5.41, 5.74) is 2.38. The maximum absolute atomic E-state index is 13.0. The van der Waals surface area contributed by atoms with Crippen molar-refractivity contribution in [3.63, 3.8) is 0 Å². The highest BCUT2D eigenvalue weighted by atomic mass is 32.2. The number of nitrogens with zero attached hydrogens (tertiary/aromatic N) is 1. The average molecular weight is 499 g/mol. The lowest BCUT2D eigenvalue weighted by atomic mass is 9.48. The Kier molecular flexibility index (Phi) is 6.30. The van der Waals surface area contributed by atoms with Gasteiger partial charge >= 0.3 is 0 Å². The number of methoxy groups -OCH3 is 2. The van der Waals surface area contributed by atoms with Gasteiger partial charge in [-0.3, -0.25) is 4.79 Å². The van der Waals surface area contributed by atoms with Gasteiger partial charge in [0.05, 0.1) is 25.7 Å². The average Bonchev–Trinajstić information content (AvgIpc) is 2.83. The van der Waals surface area contributed by atoms with Gasteiger partial charge in [-0.1, -0.05) is 12.1 Å². The lowest BCUT2D eigenvalue weighted by Crippen LogP contribution is -2.48. The summed E-state index contributed by atoms with van der Waals surface area (Å²) < 4.78 is 37.4. The zero-order valence-electron chi connectivity index (χ0n) is 20.6. The van der Waals surface area contributed by atoms with E-state index >= 15 is 0 Å². The Labute approximate surface area is 207 Å². The first kappa shape index (κ1) is 24.1. The maximum Gasteiger partial charge on any atom is 0.243 e. The van der Waals surface area contributed by atoms with Crippen LogP contribution < -0.4 is 14.8 Å². The first-order valence-corrected chi connectivity index (χ1v) is 13.8. The third kappa shape index (κ3) is 4.54. The van der Waals surface area contributed by atoms with E-state index in [-0.39, 0.29) is 17.3 Å². The van der Waals surface area contributed by atoms with Crippen molar-refractivity contribution in [2.24, 2.45) is 17.8 Å². The van der Waals surface area contributed by atoms with Crippen LogP contribution in [0.2, 0.25) is 0 Å². The SMILES string of the molecule is COc1ccc(S(=O)(=O)N(C)CC(=O)Nc2ccc(C34CC5CC(CC(C5)C3)C4)cc2)cc1OC. The zero-order valence-corrected chi connectivity index (χ0v) is 21.4. The first-order chi connectivity index (χ1) is 16.7. The number of hydrogen-bond acceptors (Lipinski definition) is 5. The van der Waals surface area contributed by atoms with Crippen molar-refractivity contribution in [3.05, 3.63) is 48.0 Å². The van der Waals surface area contributed by atoms with E-state index in [9.17, 15) is 13.2 Å². The Bertz CT molecular complexity index is 1170. The smallest absolute Gasteiger partial charge is 0.243 e. The van der Waals surface area contributed by atoms with Crippen molar-refractivity contribution in [2.45, 2.75) is 48.8 Å². The molecule has 0 atom stereocenters. The van der Waals surface area contributed by atoms with E-state index in [1.54, 1.807) is 0 Å². The summed E-state index contributed by atoms with van der Waals surface area (Å²) in [6, 6.07) is 12.6. The fourth-order valence-corrected chi connectivity index (χ4v) is 8.16. The van der Waals surface area contributed by atoms with Gasteiger partial charge in [-0.05, 0) is 91.5 Å². The number of ether oxygens (including phenoxy) is 2. The molecule has 35 heavy (non-hydrogen) atoms. The van der Waals surface area contributed by atoms with E-state index in [0.717, 1.165) is 22.1 Å². The topological polar surface area (TPSA) is 84.9 Å². The molecule has 1 N–H and O–H groups in total. The number of amides is 1. The van der Waals surface area contributed by atoms with Crippen LogP contribution in [0.1, 0.15) is 44.1 Å². The van der Waals surface area contributed by atoms with Crippen LogP contribution in [-0.2, 0) is 20.2 Å². The molecule has 2 aromatic rings. The highest BCUT2D eigenvalue weighted by Crippen LogP contribution is 2.60. The Morgan fingerprint density at radius 1 is 0.943 bits per heavy atom. The van der Waals surface area contributed by atoms with Crippen LogP contribution in [0.3, 0.4) is 0 Å². The fourth-order valence-electron chi connectivity index (χ4n) is 7.02. The summed E-state index contributed by atoms with van der Waals surface area (Å²) in [4.78, 5) is 12.7. The normalized spacial score (nSPS) is 27.1. The molecule has 0 heterocycles. The zero-order chi connectivity index (χ0) is 24.8. The molecule has 4 aliphatic carbocycles. The van der Waals surface area contributed by atoms with Crippen LogP contribution in [-0.4, -0.2) is 46.4 Å². The first-order valence-electron chi connectivity index (χ1n) is 12.3. The quantitative estimate of drug-likeness (QED) is 0.582. The number of rotatable bonds is 8. The van der Waals surface area contributed by atoms with Gasteiger partial charge in [-0.25, -0.2) is 8.42 Å². The van der Waals surface area contributed by atoms with Gasteiger partial charge in [0.15, 0.2) is 11.5 Å². The van der Waals surface area contributed by atoms with Gasteiger partial charge in [-0.15, -0.1) is 0 Å². The summed E-state index contributed by atoms with van der Waals surface area (Å²) in [6.07, 6.45) is 8.11. The number of sulfonamides is 1. The van der Waals surface area contributed by atoms with Crippen LogP contribution in [0.4, 0.5) is 5.69 Å². The summed E-state index contributed by atoms with van der Waals surface area (Å²) >= 11 is 0. The number of carbonyl (C=O) groups excluding carboxylic acids is 1. The standard InChI is InChI=1S/C27H34N2O5S/c1-29(35(31,32)23-8-9-24(33-2)25(13-23)34-3)17-26(30)28-22-6-4-21(5-7-22)27-14-18-10-19(15-27)12-20(11-18)16-27/h4-9,13,18-20H,10-12,14-17H2,1-3H3,(H,28,30). The van der Waals surface area contributed by atoms with Gasteiger partial charge in [0.25, 0.3) is 0 Å². The molecule has 8 heteroatoms. The van der Waals surface area contributed by atoms with Crippen LogP contribution in [0, 0.1) is 17.8 Å². The molecule has 0 aromatic heterocycles. The molecule has 188 valence electrons. The van der Waals surface area contributed by atoms with E-state index in [0.29, 0.717) is 22.6 Å². The molecular weight excluding hydrogens is 464 g/mol. The predicted octanol–water partition coefficient (Wildman–Crippen LogP) is 4.43. The summed E-state index contributed by atoms with van der Waals surface area (Å²) in [5.74, 6) is 2.99. The molecule has 1 amide bonds. The minimum atomic E-state index is -3.88. The van der Waals surface area contributed by atoms with Gasteiger partial charge in [0, 0.05) is 18.8 Å². The van der Waals surface area contributed by atoms with E-state index in [4.69, 9.17) is 9.47 Å². The van der Waals surface area contributed by atoms with Gasteiger partial charge in [-0.2, -0.15) is 4.31 Å². The molecule has 0 unspecified atom stereocenters. The molecule has 0 aliphatic heterocycles. The van der Waals surface area contributed by atoms with Crippen LogP contribution in [0.5, 0.6) is 11.5 Å². The Morgan fingerprint density at radius 2 is 1.51 bits per heavy atom. The fraction of sp³-hybridized carbons (Fsp3) is 0.519. The molecule has 2 aromatic carbocycles. The van der Waals surface area contributed by atoms with Gasteiger partial charge in [0.1, 0.15) is 0 Å². The minimum absolute atomic E-state index is 0.0328. The minimum Gasteiger partial charge on any atom is -0.493 e. The van der Waals surface area contributed by atoms with Crippen LogP contribution in [0.15, 0.2) is 47.4 Å². The monoisotopic (exact) mass is 498 g/mol. The van der Waals surface area contributed by atoms with Crippen LogP contribution in [0.25, 0.3) is 0 Å². The van der Waals surface area contributed by atoms with E-state index < -0.39 is 10.0 Å². The van der Waals surface area contributed by atoms with Crippen molar-refractivity contribution < 1.29 is 22.7 Å². The molecule has 4 bridgehead atoms. The number of likely N-dealkylation sites (N-methyl/N-ethyl adjacent to an activating group) is 1. The molecule has 0 saturated heterocycles. The van der Waals surface area contributed by atoms with E-state index in [1.165, 1.54) is 83.6 Å². The lowest BCUT2D eigenvalue weighted by molar-refractivity contribution is -0.116. The van der Waals surface area contributed by atoms with Crippen molar-refractivity contribution in [1.82, 2.24) is 4.31 Å². The highest BCUT2D eigenvalue weighted by Gasteiger charge is 2.51. The summed E-state index contributed by atoms with van der Waals surface area (Å²) in [6.45, 7) is -0.298. The Hall–Kier alpha value is -2.58. The third-order valence-corrected chi connectivity index (χ3v) is 10.0. The van der Waals surface area contributed by atoms with Crippen LogP contribution >= 0.6 is 0 Å². The second kappa shape index (κ2) is 9.13. The number of carbonyl (C=O) groups is 1. The molecule has 4 saturated carbocycles.